The molecule has 0 spiro atoms. The zero-order valence-electron chi connectivity index (χ0n) is 15.2. The van der Waals surface area contributed by atoms with Gasteiger partial charge in [-0.05, 0) is 32.8 Å². The minimum absolute atomic E-state index is 0.0182. The summed E-state index contributed by atoms with van der Waals surface area (Å²) < 4.78 is 0. The van der Waals surface area contributed by atoms with Crippen molar-refractivity contribution in [1.29, 1.82) is 0 Å². The Morgan fingerprint density at radius 1 is 1.20 bits per heavy atom. The van der Waals surface area contributed by atoms with Gasteiger partial charge in [0.25, 0.3) is 0 Å². The van der Waals surface area contributed by atoms with Crippen LogP contribution in [0.2, 0.25) is 0 Å². The van der Waals surface area contributed by atoms with Crippen LogP contribution in [0.15, 0.2) is 6.07 Å². The number of hydrogen-bond donors (Lipinski definition) is 2. The minimum Gasteiger partial charge on any atom is -0.341 e. The van der Waals surface area contributed by atoms with E-state index in [2.05, 4.69) is 35.4 Å². The summed E-state index contributed by atoms with van der Waals surface area (Å²) in [5, 5.41) is 9.73. The Hall–Kier alpha value is -2.51. The summed E-state index contributed by atoms with van der Waals surface area (Å²) in [6.07, 6.45) is 1.54. The molecule has 2 N–H and O–H groups in total. The van der Waals surface area contributed by atoms with Crippen molar-refractivity contribution in [2.24, 2.45) is 5.92 Å². The highest BCUT2D eigenvalue weighted by Crippen LogP contribution is 2.22. The fourth-order valence-corrected chi connectivity index (χ4v) is 2.99. The van der Waals surface area contributed by atoms with Crippen LogP contribution in [0.5, 0.6) is 0 Å². The average molecular weight is 343 g/mol. The smallest absolute Gasteiger partial charge is 0.248 e. The largest absolute Gasteiger partial charge is 0.341 e. The van der Waals surface area contributed by atoms with Crippen molar-refractivity contribution in [2.75, 3.05) is 23.3 Å². The van der Waals surface area contributed by atoms with Gasteiger partial charge in [0, 0.05) is 36.3 Å². The summed E-state index contributed by atoms with van der Waals surface area (Å²) in [5.74, 6) is 2.08. The van der Waals surface area contributed by atoms with E-state index >= 15 is 0 Å². The lowest BCUT2D eigenvalue weighted by Crippen LogP contribution is -2.39. The molecule has 2 aromatic rings. The van der Waals surface area contributed by atoms with Crippen LogP contribution in [-0.4, -0.2) is 44.1 Å². The second-order valence-corrected chi connectivity index (χ2v) is 6.90. The van der Waals surface area contributed by atoms with E-state index in [0.717, 1.165) is 49.1 Å². The van der Waals surface area contributed by atoms with Gasteiger partial charge in [0.05, 0.1) is 0 Å². The van der Waals surface area contributed by atoms with E-state index in [1.54, 1.807) is 0 Å². The fraction of sp³-hybridized carbons (Fsp3) is 0.588. The molecule has 0 unspecified atom stereocenters. The first-order chi connectivity index (χ1) is 11.9. The first-order valence-electron chi connectivity index (χ1n) is 8.72. The molecule has 1 fully saturated rings. The van der Waals surface area contributed by atoms with Crippen molar-refractivity contribution >= 4 is 17.8 Å². The fourth-order valence-electron chi connectivity index (χ4n) is 2.99. The molecular weight excluding hydrogens is 318 g/mol. The number of anilines is 2. The van der Waals surface area contributed by atoms with Crippen LogP contribution in [-0.2, 0) is 4.79 Å². The number of aryl methyl sites for hydroxylation is 2. The second kappa shape index (κ2) is 7.16. The summed E-state index contributed by atoms with van der Waals surface area (Å²) in [4.78, 5) is 27.9. The number of nitrogens with one attached hydrogen (secondary N) is 2. The maximum absolute atomic E-state index is 12.4. The Morgan fingerprint density at radius 2 is 1.84 bits per heavy atom. The normalized spacial score (nSPS) is 15.6. The van der Waals surface area contributed by atoms with Crippen LogP contribution in [0.25, 0.3) is 0 Å². The minimum atomic E-state index is -0.0387. The summed E-state index contributed by atoms with van der Waals surface area (Å²) >= 11 is 0. The number of amides is 1. The number of carbonyl (C=O) groups excluding carboxylic acids is 1. The van der Waals surface area contributed by atoms with Gasteiger partial charge >= 0.3 is 0 Å². The van der Waals surface area contributed by atoms with Gasteiger partial charge in [-0.25, -0.2) is 9.97 Å². The van der Waals surface area contributed by atoms with Crippen LogP contribution in [0.1, 0.15) is 49.8 Å². The Balaban J connectivity index is 1.56. The molecule has 25 heavy (non-hydrogen) atoms. The zero-order chi connectivity index (χ0) is 18.0. The second-order valence-electron chi connectivity index (χ2n) is 6.90. The third-order valence-electron chi connectivity index (χ3n) is 4.40. The summed E-state index contributed by atoms with van der Waals surface area (Å²) in [7, 11) is 0. The van der Waals surface area contributed by atoms with E-state index in [0.29, 0.717) is 5.95 Å². The van der Waals surface area contributed by atoms with E-state index in [4.69, 9.17) is 0 Å². The molecule has 8 heteroatoms. The molecule has 134 valence electrons. The molecule has 3 rings (SSSR count). The van der Waals surface area contributed by atoms with Gasteiger partial charge in [-0.15, -0.1) is 5.10 Å². The molecule has 0 radical (unpaired) electrons. The molecule has 0 aromatic carbocycles. The molecule has 8 nitrogen and oxygen atoms in total. The van der Waals surface area contributed by atoms with Crippen molar-refractivity contribution in [1.82, 2.24) is 25.1 Å². The van der Waals surface area contributed by atoms with Crippen molar-refractivity contribution < 1.29 is 4.79 Å². The summed E-state index contributed by atoms with van der Waals surface area (Å²) in [5.41, 5.74) is 1.93. The maximum atomic E-state index is 12.4. The lowest BCUT2D eigenvalue weighted by Gasteiger charge is -2.31. The van der Waals surface area contributed by atoms with Crippen molar-refractivity contribution in [3.8, 4) is 0 Å². The van der Waals surface area contributed by atoms with E-state index in [9.17, 15) is 4.79 Å². The van der Waals surface area contributed by atoms with Gasteiger partial charge in [-0.2, -0.15) is 4.98 Å². The Morgan fingerprint density at radius 3 is 2.40 bits per heavy atom. The van der Waals surface area contributed by atoms with Gasteiger partial charge in [0.15, 0.2) is 0 Å². The topological polar surface area (TPSA) is 99.7 Å². The van der Waals surface area contributed by atoms with Crippen molar-refractivity contribution in [3.05, 3.63) is 23.3 Å². The van der Waals surface area contributed by atoms with Crippen LogP contribution < -0.4 is 10.2 Å². The molecule has 1 saturated heterocycles. The highest BCUT2D eigenvalue weighted by molar-refractivity contribution is 5.91. The molecule has 0 saturated carbocycles. The molecular formula is C17H25N7O. The molecule has 1 aliphatic heterocycles. The monoisotopic (exact) mass is 343 g/mol. The van der Waals surface area contributed by atoms with Crippen LogP contribution >= 0.6 is 0 Å². The Bertz CT molecular complexity index is 727. The van der Waals surface area contributed by atoms with Crippen molar-refractivity contribution in [3.63, 3.8) is 0 Å². The van der Waals surface area contributed by atoms with Gasteiger partial charge < -0.3 is 4.90 Å². The predicted molar refractivity (Wildman–Crippen MR) is 95.5 cm³/mol. The quantitative estimate of drug-likeness (QED) is 0.883. The molecule has 0 bridgehead atoms. The maximum Gasteiger partial charge on any atom is 0.248 e. The van der Waals surface area contributed by atoms with Gasteiger partial charge in [-0.1, -0.05) is 13.8 Å². The molecule has 0 atom stereocenters. The number of aromatic amines is 1. The van der Waals surface area contributed by atoms with Crippen molar-refractivity contribution in [2.45, 2.75) is 46.5 Å². The number of rotatable bonds is 4. The Kier molecular flexibility index (Phi) is 4.96. The van der Waals surface area contributed by atoms with E-state index < -0.39 is 0 Å². The standard InChI is InChI=1S/C17H25N7O/c1-10(2)14-20-16(23-22-14)21-15(25)13-5-7-24(8-6-13)17-18-11(3)9-12(4)19-17/h9-10,13H,5-8H2,1-4H3,(H2,20,21,22,23,25). The highest BCUT2D eigenvalue weighted by atomic mass is 16.2. The molecule has 1 aliphatic rings. The number of carbonyl (C=O) groups is 1. The summed E-state index contributed by atoms with van der Waals surface area (Å²) in [6.45, 7) is 9.54. The first kappa shape index (κ1) is 17.3. The highest BCUT2D eigenvalue weighted by Gasteiger charge is 2.27. The molecule has 3 heterocycles. The molecule has 0 aliphatic carbocycles. The predicted octanol–water partition coefficient (Wildman–Crippen LogP) is 2.19. The van der Waals surface area contributed by atoms with Gasteiger partial charge in [-0.3, -0.25) is 15.2 Å². The number of nitrogens with zero attached hydrogens (tertiary/aromatic N) is 5. The van der Waals surface area contributed by atoms with E-state index in [1.165, 1.54) is 0 Å². The number of H-pyrrole nitrogens is 1. The first-order valence-corrected chi connectivity index (χ1v) is 8.72. The third kappa shape index (κ3) is 4.12. The average Bonchev–Trinajstić information content (AvgIpc) is 3.03. The van der Waals surface area contributed by atoms with E-state index in [-0.39, 0.29) is 17.7 Å². The van der Waals surface area contributed by atoms with Crippen LogP contribution in [0, 0.1) is 19.8 Å². The Labute approximate surface area is 147 Å². The number of hydrogen-bond acceptors (Lipinski definition) is 6. The lowest BCUT2D eigenvalue weighted by atomic mass is 9.96. The lowest BCUT2D eigenvalue weighted by molar-refractivity contribution is -0.120. The number of aromatic nitrogens is 5. The molecule has 2 aromatic heterocycles. The van der Waals surface area contributed by atoms with Gasteiger partial charge in [0.1, 0.15) is 5.82 Å². The SMILES string of the molecule is Cc1cc(C)nc(N2CCC(C(=O)Nc3n[nH]c(C(C)C)n3)CC2)n1. The third-order valence-corrected chi connectivity index (χ3v) is 4.40. The molecule has 1 amide bonds. The van der Waals surface area contributed by atoms with Crippen LogP contribution in [0.4, 0.5) is 11.9 Å². The van der Waals surface area contributed by atoms with Gasteiger partial charge in [0.2, 0.25) is 17.8 Å². The van der Waals surface area contributed by atoms with E-state index in [1.807, 2.05) is 33.8 Å². The zero-order valence-corrected chi connectivity index (χ0v) is 15.2. The van der Waals surface area contributed by atoms with Crippen LogP contribution in [0.3, 0.4) is 0 Å². The number of piperidine rings is 1. The summed E-state index contributed by atoms with van der Waals surface area (Å²) in [6, 6.07) is 1.96.